The van der Waals surface area contributed by atoms with Gasteiger partial charge in [0.2, 0.25) is 5.91 Å². The first-order chi connectivity index (χ1) is 14.6. The highest BCUT2D eigenvalue weighted by Crippen LogP contribution is 2.18. The summed E-state index contributed by atoms with van der Waals surface area (Å²) >= 11 is 0. The number of hydrogen-bond donors (Lipinski definition) is 1. The Labute approximate surface area is 177 Å². The summed E-state index contributed by atoms with van der Waals surface area (Å²) < 4.78 is 1.73. The summed E-state index contributed by atoms with van der Waals surface area (Å²) in [7, 11) is 0. The normalized spacial score (nSPS) is 15.3. The van der Waals surface area contributed by atoms with Crippen LogP contribution in [0, 0.1) is 13.8 Å². The number of carbonyl (C=O) groups excluding carboxylic acids is 1. The van der Waals surface area contributed by atoms with Gasteiger partial charge in [0.05, 0.1) is 0 Å². The first-order valence-electron chi connectivity index (χ1n) is 10.9. The van der Waals surface area contributed by atoms with Crippen molar-refractivity contribution in [1.82, 2.24) is 24.5 Å². The number of likely N-dealkylation sites (tertiary alicyclic amines) is 1. The maximum absolute atomic E-state index is 12.6. The van der Waals surface area contributed by atoms with Crippen LogP contribution < -0.4 is 5.32 Å². The molecule has 1 saturated heterocycles. The second-order valence-electron chi connectivity index (χ2n) is 8.17. The lowest BCUT2D eigenvalue weighted by atomic mass is 10.1. The molecule has 158 valence electrons. The molecule has 2 aromatic heterocycles. The van der Waals surface area contributed by atoms with Crippen LogP contribution in [0.4, 0.5) is 5.69 Å². The van der Waals surface area contributed by atoms with E-state index in [0.717, 1.165) is 29.2 Å². The Kier molecular flexibility index (Phi) is 6.38. The van der Waals surface area contributed by atoms with Gasteiger partial charge < -0.3 is 5.32 Å². The average molecular weight is 407 g/mol. The molecule has 0 radical (unpaired) electrons. The summed E-state index contributed by atoms with van der Waals surface area (Å²) in [4.78, 5) is 23.7. The van der Waals surface area contributed by atoms with Gasteiger partial charge in [0.25, 0.3) is 5.78 Å². The minimum atomic E-state index is 0.0133. The van der Waals surface area contributed by atoms with Crippen LogP contribution >= 0.6 is 0 Å². The highest BCUT2D eigenvalue weighted by atomic mass is 16.1. The maximum atomic E-state index is 12.6. The predicted octanol–water partition coefficient (Wildman–Crippen LogP) is 3.69. The molecule has 1 aliphatic heterocycles. The SMILES string of the molecule is Cc1nc2ncnn2c(C)c1CCC(=O)Nc1cccc(CN2CCCCCC2)c1. The fraction of sp³-hybridized carbons (Fsp3) is 0.478. The van der Waals surface area contributed by atoms with Crippen LogP contribution in [0.25, 0.3) is 5.78 Å². The van der Waals surface area contributed by atoms with E-state index >= 15 is 0 Å². The Hall–Kier alpha value is -2.80. The van der Waals surface area contributed by atoms with Gasteiger partial charge in [-0.2, -0.15) is 10.1 Å². The summed E-state index contributed by atoms with van der Waals surface area (Å²) in [6, 6.07) is 8.23. The van der Waals surface area contributed by atoms with Crippen LogP contribution in [-0.4, -0.2) is 43.5 Å². The molecular weight excluding hydrogens is 376 g/mol. The maximum Gasteiger partial charge on any atom is 0.252 e. The van der Waals surface area contributed by atoms with E-state index in [1.54, 1.807) is 4.52 Å². The van der Waals surface area contributed by atoms with Gasteiger partial charge in [0.15, 0.2) is 0 Å². The van der Waals surface area contributed by atoms with Crippen molar-refractivity contribution in [2.45, 2.75) is 58.9 Å². The zero-order chi connectivity index (χ0) is 20.9. The van der Waals surface area contributed by atoms with E-state index in [1.165, 1.54) is 50.7 Å². The molecule has 1 aromatic carbocycles. The second-order valence-corrected chi connectivity index (χ2v) is 8.17. The summed E-state index contributed by atoms with van der Waals surface area (Å²) in [5, 5.41) is 7.28. The summed E-state index contributed by atoms with van der Waals surface area (Å²) in [6.45, 7) is 7.24. The fourth-order valence-electron chi connectivity index (χ4n) is 4.28. The van der Waals surface area contributed by atoms with Crippen LogP contribution in [0.3, 0.4) is 0 Å². The lowest BCUT2D eigenvalue weighted by Gasteiger charge is -2.20. The van der Waals surface area contributed by atoms with Crippen molar-refractivity contribution in [2.75, 3.05) is 18.4 Å². The Balaban J connectivity index is 1.36. The monoisotopic (exact) mass is 406 g/mol. The molecule has 1 fully saturated rings. The number of benzene rings is 1. The minimum absolute atomic E-state index is 0.0133. The molecule has 0 bridgehead atoms. The summed E-state index contributed by atoms with van der Waals surface area (Å²) in [5.41, 5.74) is 5.06. The Bertz CT molecular complexity index is 1020. The van der Waals surface area contributed by atoms with Crippen molar-refractivity contribution in [2.24, 2.45) is 0 Å². The summed E-state index contributed by atoms with van der Waals surface area (Å²) in [5.74, 6) is 0.610. The minimum Gasteiger partial charge on any atom is -0.326 e. The number of hydrogen-bond acceptors (Lipinski definition) is 5. The van der Waals surface area contributed by atoms with Gasteiger partial charge in [-0.3, -0.25) is 9.69 Å². The number of amides is 1. The van der Waals surface area contributed by atoms with E-state index < -0.39 is 0 Å². The van der Waals surface area contributed by atoms with E-state index in [-0.39, 0.29) is 5.91 Å². The quantitative estimate of drug-likeness (QED) is 0.676. The lowest BCUT2D eigenvalue weighted by molar-refractivity contribution is -0.116. The zero-order valence-electron chi connectivity index (χ0n) is 17.9. The number of nitrogens with one attached hydrogen (secondary N) is 1. The molecule has 0 saturated carbocycles. The molecule has 3 aromatic rings. The molecule has 1 aliphatic rings. The molecule has 1 N–H and O–H groups in total. The fourth-order valence-corrected chi connectivity index (χ4v) is 4.28. The molecule has 7 nitrogen and oxygen atoms in total. The van der Waals surface area contributed by atoms with Crippen molar-refractivity contribution >= 4 is 17.4 Å². The molecule has 0 atom stereocenters. The highest BCUT2D eigenvalue weighted by Gasteiger charge is 2.13. The Morgan fingerprint density at radius 2 is 1.93 bits per heavy atom. The van der Waals surface area contributed by atoms with Gasteiger partial charge in [-0.25, -0.2) is 9.50 Å². The molecule has 30 heavy (non-hydrogen) atoms. The van der Waals surface area contributed by atoms with E-state index in [4.69, 9.17) is 0 Å². The topological polar surface area (TPSA) is 75.4 Å². The van der Waals surface area contributed by atoms with Gasteiger partial charge in [0.1, 0.15) is 6.33 Å². The van der Waals surface area contributed by atoms with Gasteiger partial charge in [-0.15, -0.1) is 0 Å². The van der Waals surface area contributed by atoms with Crippen LogP contribution in [0.2, 0.25) is 0 Å². The van der Waals surface area contributed by atoms with E-state index in [2.05, 4.69) is 37.4 Å². The molecule has 0 aliphatic carbocycles. The lowest BCUT2D eigenvalue weighted by Crippen LogP contribution is -2.24. The van der Waals surface area contributed by atoms with Crippen molar-refractivity contribution in [3.8, 4) is 0 Å². The van der Waals surface area contributed by atoms with Crippen LogP contribution in [0.1, 0.15) is 54.6 Å². The number of rotatable bonds is 6. The molecule has 7 heteroatoms. The number of aryl methyl sites for hydroxylation is 2. The first kappa shape index (κ1) is 20.5. The van der Waals surface area contributed by atoms with Crippen LogP contribution in [0.15, 0.2) is 30.6 Å². The van der Waals surface area contributed by atoms with Crippen molar-refractivity contribution < 1.29 is 4.79 Å². The third kappa shape index (κ3) is 4.84. The average Bonchev–Trinajstić information content (AvgIpc) is 3.04. The number of anilines is 1. The van der Waals surface area contributed by atoms with Gasteiger partial charge in [0, 0.05) is 30.0 Å². The Morgan fingerprint density at radius 1 is 1.13 bits per heavy atom. The number of carbonyl (C=O) groups is 1. The van der Waals surface area contributed by atoms with E-state index in [1.807, 2.05) is 26.0 Å². The van der Waals surface area contributed by atoms with E-state index in [0.29, 0.717) is 18.6 Å². The largest absolute Gasteiger partial charge is 0.326 e. The van der Waals surface area contributed by atoms with Crippen LogP contribution in [0.5, 0.6) is 0 Å². The standard InChI is InChI=1S/C23H30N6O/c1-17-21(18(2)29-23(26-17)24-16-25-29)10-11-22(30)27-20-9-7-8-19(14-20)15-28-12-5-3-4-6-13-28/h7-9,14,16H,3-6,10-13,15H2,1-2H3,(H,27,30). The number of aromatic nitrogens is 4. The van der Waals surface area contributed by atoms with Gasteiger partial charge in [-0.1, -0.05) is 25.0 Å². The third-order valence-corrected chi connectivity index (χ3v) is 5.91. The van der Waals surface area contributed by atoms with E-state index in [9.17, 15) is 4.79 Å². The third-order valence-electron chi connectivity index (χ3n) is 5.91. The number of nitrogens with zero attached hydrogens (tertiary/aromatic N) is 5. The molecule has 0 spiro atoms. The first-order valence-corrected chi connectivity index (χ1v) is 10.9. The molecule has 4 rings (SSSR count). The second kappa shape index (κ2) is 9.34. The van der Waals surface area contributed by atoms with Crippen molar-refractivity contribution in [3.63, 3.8) is 0 Å². The van der Waals surface area contributed by atoms with Gasteiger partial charge >= 0.3 is 0 Å². The predicted molar refractivity (Wildman–Crippen MR) is 117 cm³/mol. The molecular formula is C23H30N6O. The summed E-state index contributed by atoms with van der Waals surface area (Å²) in [6.07, 6.45) is 7.77. The molecule has 0 unspecified atom stereocenters. The number of fused-ring (bicyclic) bond motifs is 1. The molecule has 1 amide bonds. The Morgan fingerprint density at radius 3 is 2.73 bits per heavy atom. The van der Waals surface area contributed by atoms with Crippen LogP contribution in [-0.2, 0) is 17.8 Å². The van der Waals surface area contributed by atoms with Crippen molar-refractivity contribution in [3.05, 3.63) is 53.1 Å². The highest BCUT2D eigenvalue weighted by molar-refractivity contribution is 5.90. The zero-order valence-corrected chi connectivity index (χ0v) is 17.9. The smallest absolute Gasteiger partial charge is 0.252 e. The van der Waals surface area contributed by atoms with Crippen molar-refractivity contribution in [1.29, 1.82) is 0 Å². The molecule has 3 heterocycles. The van der Waals surface area contributed by atoms with Gasteiger partial charge in [-0.05, 0) is 69.5 Å².